The molecule has 0 radical (unpaired) electrons. The van der Waals surface area contributed by atoms with Crippen molar-refractivity contribution in [1.82, 2.24) is 9.97 Å². The van der Waals surface area contributed by atoms with Gasteiger partial charge in [-0.3, -0.25) is 4.79 Å². The molecule has 10 nitrogen and oxygen atoms in total. The predicted octanol–water partition coefficient (Wildman–Crippen LogP) is 5.77. The predicted molar refractivity (Wildman–Crippen MR) is 139 cm³/mol. The second-order valence-electron chi connectivity index (χ2n) is 7.57. The molecule has 0 atom stereocenters. The summed E-state index contributed by atoms with van der Waals surface area (Å²) in [5.74, 6) is 0.119. The van der Waals surface area contributed by atoms with E-state index in [-0.39, 0.29) is 41.0 Å². The molecule has 0 spiro atoms. The van der Waals surface area contributed by atoms with E-state index in [2.05, 4.69) is 15.3 Å². The molecular weight excluding hydrogens is 518 g/mol. The third-order valence-corrected chi connectivity index (χ3v) is 7.17. The number of H-pyrrole nitrogens is 1. The van der Waals surface area contributed by atoms with Gasteiger partial charge in [-0.05, 0) is 50.6 Å². The van der Waals surface area contributed by atoms with E-state index in [1.807, 2.05) is 6.07 Å². The minimum Gasteiger partial charge on any atom is -0.463 e. The Bertz CT molecular complexity index is 1320. The van der Waals surface area contributed by atoms with Crippen LogP contribution in [0.3, 0.4) is 0 Å². The second-order valence-corrected chi connectivity index (χ2v) is 9.67. The van der Waals surface area contributed by atoms with E-state index in [1.54, 1.807) is 51.5 Å². The lowest BCUT2D eigenvalue weighted by atomic mass is 10.1. The lowest BCUT2D eigenvalue weighted by Gasteiger charge is -2.07. The quantitative estimate of drug-likeness (QED) is 0.178. The number of aromatic nitrogens is 2. The smallest absolute Gasteiger partial charge is 0.348 e. The number of ether oxygens (including phenoxy) is 2. The van der Waals surface area contributed by atoms with Crippen LogP contribution in [0.4, 0.5) is 5.00 Å². The number of carbonyl (C=O) groups excluding carboxylic acids is 3. The maximum Gasteiger partial charge on any atom is 0.348 e. The SMILES string of the molecule is CCOC(=O)c1sc(NC(=O)CCSc2nc(-c3ccco3)c(-c3ccco3)[nH]2)c(C(=O)OCC)c1C. The summed E-state index contributed by atoms with van der Waals surface area (Å²) in [7, 11) is 0. The zero-order valence-corrected chi connectivity index (χ0v) is 22.0. The molecule has 12 heteroatoms. The fraction of sp³-hybridized carbons (Fsp3) is 0.280. The molecule has 194 valence electrons. The Balaban J connectivity index is 1.45. The van der Waals surface area contributed by atoms with Gasteiger partial charge in [0.25, 0.3) is 0 Å². The maximum absolute atomic E-state index is 12.8. The molecule has 2 N–H and O–H groups in total. The number of aromatic amines is 1. The number of anilines is 1. The van der Waals surface area contributed by atoms with Crippen molar-refractivity contribution in [2.75, 3.05) is 24.3 Å². The van der Waals surface area contributed by atoms with E-state index >= 15 is 0 Å². The topological polar surface area (TPSA) is 137 Å². The van der Waals surface area contributed by atoms with Gasteiger partial charge in [-0.2, -0.15) is 0 Å². The van der Waals surface area contributed by atoms with Gasteiger partial charge in [0, 0.05) is 12.2 Å². The van der Waals surface area contributed by atoms with Gasteiger partial charge in [-0.15, -0.1) is 11.3 Å². The number of carbonyl (C=O) groups is 3. The first kappa shape index (κ1) is 26.3. The molecule has 4 heterocycles. The number of hydrogen-bond donors (Lipinski definition) is 2. The van der Waals surface area contributed by atoms with Gasteiger partial charge in [0.15, 0.2) is 16.7 Å². The van der Waals surface area contributed by atoms with Gasteiger partial charge >= 0.3 is 11.9 Å². The highest BCUT2D eigenvalue weighted by Gasteiger charge is 2.27. The fourth-order valence-electron chi connectivity index (χ4n) is 3.48. The fourth-order valence-corrected chi connectivity index (χ4v) is 5.40. The minimum atomic E-state index is -0.608. The lowest BCUT2D eigenvalue weighted by Crippen LogP contribution is -2.15. The van der Waals surface area contributed by atoms with Crippen LogP contribution in [0.25, 0.3) is 22.9 Å². The molecule has 0 aliphatic heterocycles. The lowest BCUT2D eigenvalue weighted by molar-refractivity contribution is -0.115. The Morgan fingerprint density at radius 3 is 2.38 bits per heavy atom. The number of hydrogen-bond acceptors (Lipinski definition) is 10. The van der Waals surface area contributed by atoms with E-state index in [1.165, 1.54) is 11.8 Å². The standard InChI is InChI=1S/C25H25N3O7S2/c1-4-32-23(30)18-14(3)21(24(31)33-5-2)37-22(18)26-17(29)10-13-36-25-27-19(15-8-6-11-34-15)20(28-25)16-9-7-12-35-16/h6-9,11-12H,4-5,10,13H2,1-3H3,(H,26,29)(H,27,28). The van der Waals surface area contributed by atoms with Crippen molar-refractivity contribution in [1.29, 1.82) is 0 Å². The largest absolute Gasteiger partial charge is 0.463 e. The molecule has 0 unspecified atom stereocenters. The third-order valence-electron chi connectivity index (χ3n) is 5.11. The van der Waals surface area contributed by atoms with Crippen LogP contribution in [0, 0.1) is 6.92 Å². The summed E-state index contributed by atoms with van der Waals surface area (Å²) in [4.78, 5) is 45.7. The zero-order chi connectivity index (χ0) is 26.4. The van der Waals surface area contributed by atoms with Crippen molar-refractivity contribution in [3.05, 3.63) is 52.8 Å². The summed E-state index contributed by atoms with van der Waals surface area (Å²) >= 11 is 2.35. The first-order valence-corrected chi connectivity index (χ1v) is 13.3. The van der Waals surface area contributed by atoms with Crippen molar-refractivity contribution in [3.63, 3.8) is 0 Å². The average Bonchev–Trinajstić information content (AvgIpc) is 3.66. The molecule has 1 amide bonds. The van der Waals surface area contributed by atoms with Crippen molar-refractivity contribution in [2.24, 2.45) is 0 Å². The number of thioether (sulfide) groups is 1. The highest BCUT2D eigenvalue weighted by Crippen LogP contribution is 2.35. The molecule has 0 aliphatic rings. The van der Waals surface area contributed by atoms with Gasteiger partial charge in [0.1, 0.15) is 21.3 Å². The van der Waals surface area contributed by atoms with Crippen LogP contribution in [-0.4, -0.2) is 46.8 Å². The van der Waals surface area contributed by atoms with Crippen molar-refractivity contribution in [2.45, 2.75) is 32.3 Å². The van der Waals surface area contributed by atoms with Crippen LogP contribution in [-0.2, 0) is 14.3 Å². The third kappa shape index (κ3) is 5.97. The number of amides is 1. The molecule has 4 aromatic rings. The van der Waals surface area contributed by atoms with Crippen LogP contribution in [0.15, 0.2) is 50.8 Å². The molecule has 4 aromatic heterocycles. The Labute approximate surface area is 220 Å². The van der Waals surface area contributed by atoms with Crippen LogP contribution >= 0.6 is 23.1 Å². The Hall–Kier alpha value is -3.77. The van der Waals surface area contributed by atoms with Gasteiger partial charge in [-0.1, -0.05) is 11.8 Å². The summed E-state index contributed by atoms with van der Waals surface area (Å²) in [6, 6.07) is 7.18. The van der Waals surface area contributed by atoms with Gasteiger partial charge in [0.2, 0.25) is 5.91 Å². The Morgan fingerprint density at radius 1 is 1.05 bits per heavy atom. The molecule has 0 aliphatic carbocycles. The maximum atomic E-state index is 12.8. The molecule has 0 fully saturated rings. The molecule has 37 heavy (non-hydrogen) atoms. The number of nitrogens with zero attached hydrogens (tertiary/aromatic N) is 1. The molecule has 0 bridgehead atoms. The van der Waals surface area contributed by atoms with Crippen LogP contribution < -0.4 is 5.32 Å². The summed E-state index contributed by atoms with van der Waals surface area (Å²) in [6.45, 7) is 5.37. The highest BCUT2D eigenvalue weighted by atomic mass is 32.2. The first-order valence-electron chi connectivity index (χ1n) is 11.5. The van der Waals surface area contributed by atoms with Crippen molar-refractivity contribution >= 4 is 45.9 Å². The van der Waals surface area contributed by atoms with E-state index in [0.717, 1.165) is 11.3 Å². The number of rotatable bonds is 11. The Morgan fingerprint density at radius 2 is 1.73 bits per heavy atom. The van der Waals surface area contributed by atoms with E-state index in [0.29, 0.717) is 39.4 Å². The Kier molecular flexibility index (Phi) is 8.51. The van der Waals surface area contributed by atoms with Gasteiger partial charge in [-0.25, -0.2) is 14.6 Å². The molecular formula is C25H25N3O7S2. The van der Waals surface area contributed by atoms with Crippen LogP contribution in [0.1, 0.15) is 45.9 Å². The number of furan rings is 2. The molecule has 4 rings (SSSR count). The van der Waals surface area contributed by atoms with Gasteiger partial charge < -0.3 is 28.6 Å². The zero-order valence-electron chi connectivity index (χ0n) is 20.4. The van der Waals surface area contributed by atoms with E-state index < -0.39 is 11.9 Å². The van der Waals surface area contributed by atoms with Crippen LogP contribution in [0.5, 0.6) is 0 Å². The highest BCUT2D eigenvalue weighted by molar-refractivity contribution is 7.99. The normalized spacial score (nSPS) is 10.9. The molecule has 0 aromatic carbocycles. The summed E-state index contributed by atoms with van der Waals surface area (Å²) < 4.78 is 21.2. The molecule has 0 saturated carbocycles. The van der Waals surface area contributed by atoms with E-state index in [4.69, 9.17) is 18.3 Å². The number of imidazole rings is 1. The van der Waals surface area contributed by atoms with Crippen molar-refractivity contribution in [3.8, 4) is 22.9 Å². The summed E-state index contributed by atoms with van der Waals surface area (Å²) in [5.41, 5.74) is 1.85. The number of esters is 2. The van der Waals surface area contributed by atoms with Crippen molar-refractivity contribution < 1.29 is 32.7 Å². The minimum absolute atomic E-state index is 0.130. The second kappa shape index (κ2) is 12.0. The van der Waals surface area contributed by atoms with E-state index in [9.17, 15) is 14.4 Å². The monoisotopic (exact) mass is 543 g/mol. The van der Waals surface area contributed by atoms with Gasteiger partial charge in [0.05, 0.1) is 31.3 Å². The molecule has 0 saturated heterocycles. The number of nitrogens with one attached hydrogen (secondary N) is 2. The average molecular weight is 544 g/mol. The summed E-state index contributed by atoms with van der Waals surface area (Å²) in [6.07, 6.45) is 3.27. The summed E-state index contributed by atoms with van der Waals surface area (Å²) in [5, 5.41) is 3.60. The number of thiophene rings is 1. The first-order chi connectivity index (χ1) is 17.9. The van der Waals surface area contributed by atoms with Crippen LogP contribution in [0.2, 0.25) is 0 Å².